The molecule has 0 aliphatic rings. The van der Waals surface area contributed by atoms with Gasteiger partial charge in [-0.3, -0.25) is 0 Å². The van der Waals surface area contributed by atoms with Gasteiger partial charge in [-0.25, -0.2) is 4.44 Å². The van der Waals surface area contributed by atoms with Crippen molar-refractivity contribution < 1.29 is 0 Å². The van der Waals surface area contributed by atoms with E-state index in [9.17, 15) is 0 Å². The Morgan fingerprint density at radius 3 is 0.775 bits per heavy atom. The van der Waals surface area contributed by atoms with Crippen LogP contribution in [-0.4, -0.2) is 11.5 Å². The van der Waals surface area contributed by atoms with Gasteiger partial charge in [0.1, 0.15) is 0 Å². The average Bonchev–Trinajstić information content (AvgIpc) is 2.94. The number of benzene rings is 4. The first-order chi connectivity index (χ1) is 19.1. The van der Waals surface area contributed by atoms with Crippen LogP contribution in [-0.2, 0) is 0 Å². The predicted octanol–water partition coefficient (Wildman–Crippen LogP) is 9.51. The summed E-state index contributed by atoms with van der Waals surface area (Å²) in [5.74, 6) is 1.83. The molecule has 0 radical (unpaired) electrons. The highest BCUT2D eigenvalue weighted by atomic mass is 31.2. The summed E-state index contributed by atoms with van der Waals surface area (Å²) in [5, 5.41) is 5.94. The average molecular weight is 568 g/mol. The second-order valence-corrected chi connectivity index (χ2v) is 16.7. The molecule has 4 aromatic rings. The molecule has 4 aromatic carbocycles. The molecular formula is C37H47NP2. The summed E-state index contributed by atoms with van der Waals surface area (Å²) in [6, 6.07) is 36.9. The Hall–Kier alpha value is -2.30. The van der Waals surface area contributed by atoms with Gasteiger partial charge in [-0.05, 0) is 74.2 Å². The summed E-state index contributed by atoms with van der Waals surface area (Å²) in [7, 11) is 0.804. The fourth-order valence-corrected chi connectivity index (χ4v) is 12.5. The Kier molecular flexibility index (Phi) is 10.4. The van der Waals surface area contributed by atoms with Gasteiger partial charge in [0.25, 0.3) is 0 Å². The first-order valence-corrected chi connectivity index (χ1v) is 17.4. The molecule has 0 saturated heterocycles. The molecule has 0 spiro atoms. The molecule has 0 heterocycles. The highest BCUT2D eigenvalue weighted by Crippen LogP contribution is 2.56. The lowest BCUT2D eigenvalue weighted by atomic mass is 10.0. The second kappa shape index (κ2) is 13.6. The van der Waals surface area contributed by atoms with Crippen LogP contribution in [0.1, 0.15) is 101 Å². The number of rotatable bonds is 10. The van der Waals surface area contributed by atoms with E-state index in [4.69, 9.17) is 0 Å². The van der Waals surface area contributed by atoms with Gasteiger partial charge in [0.15, 0.2) is 0 Å². The molecule has 3 heteroatoms. The summed E-state index contributed by atoms with van der Waals surface area (Å²) >= 11 is 0. The minimum absolute atomic E-state index is 0.456. The van der Waals surface area contributed by atoms with E-state index in [0.717, 1.165) is 0 Å². The Labute approximate surface area is 246 Å². The molecule has 0 aliphatic heterocycles. The van der Waals surface area contributed by atoms with E-state index in [1.54, 1.807) is 0 Å². The van der Waals surface area contributed by atoms with E-state index in [-0.39, 0.29) is 0 Å². The zero-order valence-electron chi connectivity index (χ0n) is 25.9. The third kappa shape index (κ3) is 6.44. The van der Waals surface area contributed by atoms with Crippen molar-refractivity contribution in [1.29, 1.82) is 0 Å². The highest BCUT2D eigenvalue weighted by molar-refractivity contribution is 7.84. The molecule has 0 N–H and O–H groups in total. The predicted molar refractivity (Wildman–Crippen MR) is 182 cm³/mol. The first-order valence-electron chi connectivity index (χ1n) is 14.8. The minimum atomic E-state index is -0.806. The van der Waals surface area contributed by atoms with E-state index >= 15 is 0 Å². The largest absolute Gasteiger partial charge is 0.248 e. The molecule has 4 rings (SSSR count). The third-order valence-electron chi connectivity index (χ3n) is 7.73. The van der Waals surface area contributed by atoms with Crippen molar-refractivity contribution in [3.05, 3.63) is 119 Å². The van der Waals surface area contributed by atoms with Crippen LogP contribution in [0.3, 0.4) is 0 Å². The zero-order valence-corrected chi connectivity index (χ0v) is 27.7. The fraction of sp³-hybridized carbons (Fsp3) is 0.351. The molecule has 0 aliphatic carbocycles. The summed E-state index contributed by atoms with van der Waals surface area (Å²) < 4.78 is 2.80. The summed E-state index contributed by atoms with van der Waals surface area (Å²) in [6.45, 7) is 18.7. The standard InChI is InChI=1S/C37H47NP2/c1-26(2)30-18-10-14-22-34(30)39(35-23-15-11-19-31(35)27(3)4)38(9)40(36-24-16-12-20-32(36)28(5)6)37-25-17-13-21-33(37)29(7)8/h10-29H,1-9H3. The first kappa shape index (κ1) is 30.7. The van der Waals surface area contributed by atoms with Gasteiger partial charge in [0.2, 0.25) is 0 Å². The zero-order chi connectivity index (χ0) is 29.0. The smallest absolute Gasteiger partial charge is 0.0326 e. The summed E-state index contributed by atoms with van der Waals surface area (Å²) in [5.41, 5.74) is 5.85. The Morgan fingerprint density at radius 1 is 0.375 bits per heavy atom. The van der Waals surface area contributed by atoms with E-state index in [2.05, 4.69) is 164 Å². The molecule has 0 amide bonds. The molecule has 1 nitrogen and oxygen atoms in total. The van der Waals surface area contributed by atoms with Crippen LogP contribution < -0.4 is 21.2 Å². The Balaban J connectivity index is 2.08. The maximum atomic E-state index is 2.80. The van der Waals surface area contributed by atoms with Crippen LogP contribution in [0.4, 0.5) is 0 Å². The van der Waals surface area contributed by atoms with Crippen LogP contribution in [0.5, 0.6) is 0 Å². The van der Waals surface area contributed by atoms with Gasteiger partial charge in [-0.1, -0.05) is 152 Å². The maximum absolute atomic E-state index is 2.80. The maximum Gasteiger partial charge on any atom is 0.0326 e. The van der Waals surface area contributed by atoms with Crippen molar-refractivity contribution in [1.82, 2.24) is 4.44 Å². The van der Waals surface area contributed by atoms with Crippen LogP contribution >= 0.6 is 16.1 Å². The van der Waals surface area contributed by atoms with Crippen LogP contribution in [0.25, 0.3) is 0 Å². The van der Waals surface area contributed by atoms with Gasteiger partial charge in [0, 0.05) is 16.1 Å². The Bertz CT molecular complexity index is 1190. The number of nitrogens with zero attached hydrogens (tertiary/aromatic N) is 1. The van der Waals surface area contributed by atoms with Crippen LogP contribution in [0.15, 0.2) is 97.1 Å². The monoisotopic (exact) mass is 567 g/mol. The van der Waals surface area contributed by atoms with E-state index in [1.807, 2.05) is 0 Å². The molecule has 0 fully saturated rings. The molecule has 0 bridgehead atoms. The van der Waals surface area contributed by atoms with Gasteiger partial charge in [-0.15, -0.1) is 0 Å². The van der Waals surface area contributed by atoms with E-state index in [1.165, 1.54) is 43.5 Å². The topological polar surface area (TPSA) is 3.24 Å². The van der Waals surface area contributed by atoms with Gasteiger partial charge < -0.3 is 0 Å². The van der Waals surface area contributed by atoms with Crippen molar-refractivity contribution in [3.63, 3.8) is 0 Å². The lowest BCUT2D eigenvalue weighted by molar-refractivity contribution is 0.856. The van der Waals surface area contributed by atoms with Crippen molar-refractivity contribution in [2.75, 3.05) is 7.05 Å². The van der Waals surface area contributed by atoms with Crippen molar-refractivity contribution in [3.8, 4) is 0 Å². The molecule has 0 saturated carbocycles. The van der Waals surface area contributed by atoms with Gasteiger partial charge in [0.05, 0.1) is 0 Å². The van der Waals surface area contributed by atoms with Crippen LogP contribution in [0, 0.1) is 0 Å². The normalized spacial score (nSPS) is 12.2. The minimum Gasteiger partial charge on any atom is -0.248 e. The number of hydrogen-bond acceptors (Lipinski definition) is 1. The quantitative estimate of drug-likeness (QED) is 0.173. The van der Waals surface area contributed by atoms with Gasteiger partial charge in [-0.2, -0.15) is 0 Å². The second-order valence-electron chi connectivity index (χ2n) is 12.0. The molecule has 40 heavy (non-hydrogen) atoms. The molecular weight excluding hydrogens is 520 g/mol. The molecule has 210 valence electrons. The molecule has 0 atom stereocenters. The van der Waals surface area contributed by atoms with E-state index < -0.39 is 16.1 Å². The van der Waals surface area contributed by atoms with Crippen molar-refractivity contribution in [2.24, 2.45) is 0 Å². The summed E-state index contributed by atoms with van der Waals surface area (Å²) in [4.78, 5) is 0. The van der Waals surface area contributed by atoms with Crippen molar-refractivity contribution in [2.45, 2.75) is 79.1 Å². The van der Waals surface area contributed by atoms with E-state index in [0.29, 0.717) is 23.7 Å². The highest BCUT2D eigenvalue weighted by Gasteiger charge is 2.34. The lowest BCUT2D eigenvalue weighted by Crippen LogP contribution is -2.34. The van der Waals surface area contributed by atoms with Gasteiger partial charge >= 0.3 is 0 Å². The SMILES string of the molecule is CC(C)c1ccccc1P(c1ccccc1C(C)C)N(C)P(c1ccccc1C(C)C)c1ccccc1C(C)C. The lowest BCUT2D eigenvalue weighted by Gasteiger charge is -2.40. The third-order valence-corrected chi connectivity index (χ3v) is 13.4. The fourth-order valence-electron chi connectivity index (χ4n) is 5.65. The molecule has 0 aromatic heterocycles. The Morgan fingerprint density at radius 2 is 0.575 bits per heavy atom. The number of hydrogen-bond donors (Lipinski definition) is 0. The van der Waals surface area contributed by atoms with Crippen molar-refractivity contribution >= 4 is 37.4 Å². The molecule has 0 unspecified atom stereocenters. The summed E-state index contributed by atoms with van der Waals surface area (Å²) in [6.07, 6.45) is 0. The van der Waals surface area contributed by atoms with Crippen LogP contribution in [0.2, 0.25) is 0 Å².